The summed E-state index contributed by atoms with van der Waals surface area (Å²) in [6.45, 7) is 5.08. The van der Waals surface area contributed by atoms with Crippen molar-refractivity contribution in [2.45, 2.75) is 36.8 Å². The molecule has 1 saturated heterocycles. The number of carbonyl (C=O) groups excluding carboxylic acids is 1. The van der Waals surface area contributed by atoms with Gasteiger partial charge in [-0.3, -0.25) is 4.79 Å². The van der Waals surface area contributed by atoms with Gasteiger partial charge < -0.3 is 9.73 Å². The van der Waals surface area contributed by atoms with Gasteiger partial charge in [-0.1, -0.05) is 23.9 Å². The molecule has 0 radical (unpaired) electrons. The molecule has 4 rings (SSSR count). The Morgan fingerprint density at radius 2 is 1.81 bits per heavy atom. The molecule has 10 heteroatoms. The maximum atomic E-state index is 12.6. The Kier molecular flexibility index (Phi) is 6.63. The first-order valence-corrected chi connectivity index (χ1v) is 12.7. The summed E-state index contributed by atoms with van der Waals surface area (Å²) in [6, 6.07) is 12.2. The van der Waals surface area contributed by atoms with Crippen molar-refractivity contribution in [1.29, 1.82) is 0 Å². The Balaban J connectivity index is 1.37. The van der Waals surface area contributed by atoms with Crippen LogP contribution in [0.2, 0.25) is 0 Å². The number of sulfonamides is 1. The highest BCUT2D eigenvalue weighted by Gasteiger charge is 2.27. The molecule has 0 bridgehead atoms. The molecule has 0 spiro atoms. The molecule has 1 amide bonds. The van der Waals surface area contributed by atoms with E-state index in [1.165, 1.54) is 4.31 Å². The van der Waals surface area contributed by atoms with Crippen LogP contribution in [0.5, 0.6) is 0 Å². The second-order valence-corrected chi connectivity index (χ2v) is 10.5. The SMILES string of the molecule is Cc1cccc(NC(=O)CSc2nnc(-c3ccc(S(=O)(=O)N4CCCC4)cc3)o2)c1C. The van der Waals surface area contributed by atoms with Crippen molar-refractivity contribution in [2.24, 2.45) is 0 Å². The van der Waals surface area contributed by atoms with E-state index in [4.69, 9.17) is 4.42 Å². The second kappa shape index (κ2) is 9.43. The second-order valence-electron chi connectivity index (χ2n) is 7.59. The normalized spacial score (nSPS) is 14.6. The molecule has 1 fully saturated rings. The summed E-state index contributed by atoms with van der Waals surface area (Å²) in [4.78, 5) is 12.5. The number of hydrogen-bond acceptors (Lipinski definition) is 7. The number of aromatic nitrogens is 2. The number of rotatable bonds is 7. The smallest absolute Gasteiger partial charge is 0.277 e. The van der Waals surface area contributed by atoms with E-state index in [-0.39, 0.29) is 27.7 Å². The molecular weight excluding hydrogens is 448 g/mol. The average Bonchev–Trinajstić information content (AvgIpc) is 3.48. The van der Waals surface area contributed by atoms with Crippen LogP contribution in [0.1, 0.15) is 24.0 Å². The first kappa shape index (κ1) is 22.5. The van der Waals surface area contributed by atoms with Crippen LogP contribution < -0.4 is 5.32 Å². The lowest BCUT2D eigenvalue weighted by Gasteiger charge is -2.15. The molecule has 1 N–H and O–H groups in total. The van der Waals surface area contributed by atoms with Gasteiger partial charge in [-0.05, 0) is 68.1 Å². The van der Waals surface area contributed by atoms with Gasteiger partial charge in [0, 0.05) is 24.3 Å². The third kappa shape index (κ3) is 4.87. The molecule has 8 nitrogen and oxygen atoms in total. The molecule has 0 atom stereocenters. The lowest BCUT2D eigenvalue weighted by atomic mass is 10.1. The summed E-state index contributed by atoms with van der Waals surface area (Å²) in [5, 5.41) is 11.2. The molecule has 1 aliphatic rings. The third-order valence-electron chi connectivity index (χ3n) is 5.42. The highest BCUT2D eigenvalue weighted by Crippen LogP contribution is 2.27. The molecule has 0 aliphatic carbocycles. The predicted octanol–water partition coefficient (Wildman–Crippen LogP) is 3.87. The van der Waals surface area contributed by atoms with Crippen molar-refractivity contribution in [3.05, 3.63) is 53.6 Å². The van der Waals surface area contributed by atoms with Crippen molar-refractivity contribution < 1.29 is 17.6 Å². The topological polar surface area (TPSA) is 105 Å². The first-order valence-electron chi connectivity index (χ1n) is 10.3. The number of aryl methyl sites for hydroxylation is 1. The number of thioether (sulfide) groups is 1. The molecule has 2 heterocycles. The van der Waals surface area contributed by atoms with E-state index in [1.54, 1.807) is 24.3 Å². The summed E-state index contributed by atoms with van der Waals surface area (Å²) >= 11 is 1.14. The number of hydrogen-bond donors (Lipinski definition) is 1. The highest BCUT2D eigenvalue weighted by molar-refractivity contribution is 7.99. The van der Waals surface area contributed by atoms with E-state index in [2.05, 4.69) is 15.5 Å². The van der Waals surface area contributed by atoms with Crippen LogP contribution in [-0.2, 0) is 14.8 Å². The van der Waals surface area contributed by atoms with Crippen molar-refractivity contribution in [3.8, 4) is 11.5 Å². The maximum Gasteiger partial charge on any atom is 0.277 e. The van der Waals surface area contributed by atoms with Crippen molar-refractivity contribution >= 4 is 33.4 Å². The predicted molar refractivity (Wildman–Crippen MR) is 123 cm³/mol. The van der Waals surface area contributed by atoms with Gasteiger partial charge in [0.2, 0.25) is 21.8 Å². The Bertz CT molecular complexity index is 1220. The van der Waals surface area contributed by atoms with Gasteiger partial charge in [0.1, 0.15) is 0 Å². The van der Waals surface area contributed by atoms with Crippen LogP contribution >= 0.6 is 11.8 Å². The maximum absolute atomic E-state index is 12.6. The average molecular weight is 473 g/mol. The van der Waals surface area contributed by atoms with Crippen LogP contribution in [0.4, 0.5) is 5.69 Å². The first-order chi connectivity index (χ1) is 15.3. The number of amides is 1. The fourth-order valence-corrected chi connectivity index (χ4v) is 5.51. The molecule has 0 unspecified atom stereocenters. The number of nitrogens with one attached hydrogen (secondary N) is 1. The fourth-order valence-electron chi connectivity index (χ4n) is 3.43. The van der Waals surface area contributed by atoms with Gasteiger partial charge in [0.25, 0.3) is 5.22 Å². The zero-order chi connectivity index (χ0) is 22.7. The molecular formula is C22H24N4O4S2. The van der Waals surface area contributed by atoms with E-state index in [1.807, 2.05) is 32.0 Å². The molecule has 168 valence electrons. The fraction of sp³-hybridized carbons (Fsp3) is 0.318. The molecule has 3 aromatic rings. The number of anilines is 1. The Hall–Kier alpha value is -2.69. The summed E-state index contributed by atoms with van der Waals surface area (Å²) in [5.74, 6) is 0.231. The monoisotopic (exact) mass is 472 g/mol. The standard InChI is InChI=1S/C22H24N4O4S2/c1-15-6-5-7-19(16(15)2)23-20(27)14-31-22-25-24-21(30-22)17-8-10-18(11-9-17)32(28,29)26-12-3-4-13-26/h5-11H,3-4,12-14H2,1-2H3,(H,23,27). The van der Waals surface area contributed by atoms with Crippen LogP contribution in [-0.4, -0.2) is 47.7 Å². The lowest BCUT2D eigenvalue weighted by Crippen LogP contribution is -2.27. The van der Waals surface area contributed by atoms with E-state index in [0.717, 1.165) is 41.4 Å². The van der Waals surface area contributed by atoms with Crippen molar-refractivity contribution in [2.75, 3.05) is 24.2 Å². The molecule has 1 aliphatic heterocycles. The van der Waals surface area contributed by atoms with Gasteiger partial charge in [-0.25, -0.2) is 8.42 Å². The van der Waals surface area contributed by atoms with Gasteiger partial charge in [-0.15, -0.1) is 10.2 Å². The van der Waals surface area contributed by atoms with Crippen LogP contribution in [0.25, 0.3) is 11.5 Å². The van der Waals surface area contributed by atoms with Gasteiger partial charge in [-0.2, -0.15) is 4.31 Å². The Labute approximate surface area is 191 Å². The summed E-state index contributed by atoms with van der Waals surface area (Å²) in [6.07, 6.45) is 1.78. The van der Waals surface area contributed by atoms with E-state index in [9.17, 15) is 13.2 Å². The van der Waals surface area contributed by atoms with Crippen molar-refractivity contribution in [3.63, 3.8) is 0 Å². The third-order valence-corrected chi connectivity index (χ3v) is 8.15. The number of carbonyl (C=O) groups is 1. The number of benzene rings is 2. The van der Waals surface area contributed by atoms with E-state index >= 15 is 0 Å². The minimum atomic E-state index is -3.46. The zero-order valence-corrected chi connectivity index (χ0v) is 19.5. The minimum absolute atomic E-state index is 0.127. The van der Waals surface area contributed by atoms with Crippen molar-refractivity contribution in [1.82, 2.24) is 14.5 Å². The minimum Gasteiger partial charge on any atom is -0.411 e. The van der Waals surface area contributed by atoms with Crippen LogP contribution in [0.15, 0.2) is 57.0 Å². The molecule has 2 aromatic carbocycles. The number of nitrogens with zero attached hydrogens (tertiary/aromatic N) is 3. The molecule has 32 heavy (non-hydrogen) atoms. The summed E-state index contributed by atoms with van der Waals surface area (Å²) < 4.78 is 32.4. The highest BCUT2D eigenvalue weighted by atomic mass is 32.2. The van der Waals surface area contributed by atoms with Gasteiger partial charge in [0.05, 0.1) is 10.6 Å². The van der Waals surface area contributed by atoms with E-state index < -0.39 is 10.0 Å². The summed E-state index contributed by atoms with van der Waals surface area (Å²) in [5.41, 5.74) is 3.53. The van der Waals surface area contributed by atoms with Crippen LogP contribution in [0.3, 0.4) is 0 Å². The lowest BCUT2D eigenvalue weighted by molar-refractivity contribution is -0.113. The van der Waals surface area contributed by atoms with E-state index in [0.29, 0.717) is 18.7 Å². The van der Waals surface area contributed by atoms with Gasteiger partial charge >= 0.3 is 0 Å². The largest absolute Gasteiger partial charge is 0.411 e. The zero-order valence-electron chi connectivity index (χ0n) is 17.9. The van der Waals surface area contributed by atoms with Crippen LogP contribution in [0, 0.1) is 13.8 Å². The Morgan fingerprint density at radius 3 is 2.53 bits per heavy atom. The quantitative estimate of drug-likeness (QED) is 0.520. The van der Waals surface area contributed by atoms with Gasteiger partial charge in [0.15, 0.2) is 0 Å². The molecule has 0 saturated carbocycles. The molecule has 1 aromatic heterocycles. The summed E-state index contributed by atoms with van der Waals surface area (Å²) in [7, 11) is -3.46. The Morgan fingerprint density at radius 1 is 1.09 bits per heavy atom.